The Morgan fingerprint density at radius 1 is 1.11 bits per heavy atom. The van der Waals surface area contributed by atoms with Gasteiger partial charge in [0, 0.05) is 48.5 Å². The lowest BCUT2D eigenvalue weighted by molar-refractivity contribution is -0.131. The number of aryl methyl sites for hydroxylation is 2. The van der Waals surface area contributed by atoms with Gasteiger partial charge in [0.25, 0.3) is 0 Å². The number of carbonyl (C=O) groups excluding carboxylic acids is 1. The second-order valence-electron chi connectivity index (χ2n) is 7.23. The number of piperazine rings is 1. The fourth-order valence-corrected chi connectivity index (χ4v) is 4.59. The third-order valence-corrected chi connectivity index (χ3v) is 6.71. The first-order chi connectivity index (χ1) is 13.3. The first kappa shape index (κ1) is 18.8. The van der Waals surface area contributed by atoms with Crippen molar-refractivity contribution in [2.24, 2.45) is 0 Å². The van der Waals surface area contributed by atoms with Crippen molar-refractivity contribution in [3.05, 3.63) is 41.2 Å². The molecule has 148 valence electrons. The summed E-state index contributed by atoms with van der Waals surface area (Å²) in [7, 11) is -3.21. The Morgan fingerprint density at radius 3 is 2.46 bits per heavy atom. The topological polar surface area (TPSA) is 87.9 Å². The summed E-state index contributed by atoms with van der Waals surface area (Å²) >= 11 is 0. The van der Waals surface area contributed by atoms with Crippen LogP contribution in [-0.2, 0) is 21.2 Å². The maximum Gasteiger partial charge on any atom is 0.227 e. The first-order valence-corrected chi connectivity index (χ1v) is 11.1. The Hall–Kier alpha value is -2.52. The highest BCUT2D eigenvalue weighted by Gasteiger charge is 2.27. The average Bonchev–Trinajstić information content (AvgIpc) is 3.03. The zero-order valence-electron chi connectivity index (χ0n) is 16.2. The van der Waals surface area contributed by atoms with Crippen LogP contribution in [0.4, 0.5) is 0 Å². The number of carbonyl (C=O) groups is 1. The molecule has 1 aromatic carbocycles. The average molecular weight is 401 g/mol. The standard InChI is InChI=1S/C19H23N5O3S/c1-13-16(12-18(25)22-8-10-23(11-9-22)28(3,26)27)14(2)24-19(20-13)15-6-4-5-7-17(15)21-24/h4-7H,8-12H2,1-3H3. The third-order valence-electron chi connectivity index (χ3n) is 5.41. The summed E-state index contributed by atoms with van der Waals surface area (Å²) in [5.41, 5.74) is 4.26. The Balaban J connectivity index is 1.60. The molecule has 0 bridgehead atoms. The van der Waals surface area contributed by atoms with Crippen LogP contribution >= 0.6 is 0 Å². The molecule has 0 radical (unpaired) electrons. The van der Waals surface area contributed by atoms with Crippen LogP contribution < -0.4 is 0 Å². The van der Waals surface area contributed by atoms with E-state index in [9.17, 15) is 13.2 Å². The number of hydrogen-bond acceptors (Lipinski definition) is 5. The van der Waals surface area contributed by atoms with Gasteiger partial charge in [0.05, 0.1) is 18.2 Å². The van der Waals surface area contributed by atoms with E-state index in [-0.39, 0.29) is 12.3 Å². The molecule has 1 saturated heterocycles. The molecule has 4 rings (SSSR count). The van der Waals surface area contributed by atoms with Crippen molar-refractivity contribution in [2.75, 3.05) is 32.4 Å². The molecule has 1 amide bonds. The molecular weight excluding hydrogens is 378 g/mol. The van der Waals surface area contributed by atoms with E-state index in [0.29, 0.717) is 26.2 Å². The van der Waals surface area contributed by atoms with E-state index in [4.69, 9.17) is 4.98 Å². The monoisotopic (exact) mass is 401 g/mol. The lowest BCUT2D eigenvalue weighted by Gasteiger charge is -2.33. The van der Waals surface area contributed by atoms with Gasteiger partial charge in [-0.25, -0.2) is 17.9 Å². The fourth-order valence-electron chi connectivity index (χ4n) is 3.76. The zero-order chi connectivity index (χ0) is 20.1. The minimum Gasteiger partial charge on any atom is -0.340 e. The molecule has 0 aliphatic carbocycles. The first-order valence-electron chi connectivity index (χ1n) is 9.22. The lowest BCUT2D eigenvalue weighted by Crippen LogP contribution is -2.50. The minimum atomic E-state index is -3.21. The van der Waals surface area contributed by atoms with Gasteiger partial charge in [0.15, 0.2) is 5.65 Å². The number of fused-ring (bicyclic) bond motifs is 3. The highest BCUT2D eigenvalue weighted by molar-refractivity contribution is 7.88. The quantitative estimate of drug-likeness (QED) is 0.657. The number of aromatic nitrogens is 3. The highest BCUT2D eigenvalue weighted by atomic mass is 32.2. The Morgan fingerprint density at radius 2 is 1.79 bits per heavy atom. The van der Waals surface area contributed by atoms with E-state index >= 15 is 0 Å². The second-order valence-corrected chi connectivity index (χ2v) is 9.22. The van der Waals surface area contributed by atoms with Crippen molar-refractivity contribution in [2.45, 2.75) is 20.3 Å². The number of rotatable bonds is 3. The van der Waals surface area contributed by atoms with Gasteiger partial charge in [-0.05, 0) is 26.0 Å². The third kappa shape index (κ3) is 3.24. The number of nitrogens with zero attached hydrogens (tertiary/aromatic N) is 5. The van der Waals surface area contributed by atoms with Crippen LogP contribution in [0, 0.1) is 13.8 Å². The smallest absolute Gasteiger partial charge is 0.227 e. The van der Waals surface area contributed by atoms with E-state index in [1.807, 2.05) is 42.6 Å². The molecule has 0 spiro atoms. The van der Waals surface area contributed by atoms with Crippen molar-refractivity contribution in [3.63, 3.8) is 0 Å². The van der Waals surface area contributed by atoms with Crippen LogP contribution in [0.2, 0.25) is 0 Å². The SMILES string of the molecule is Cc1nc2c3ccccc3nn2c(C)c1CC(=O)N1CCN(S(C)(=O)=O)CC1. The maximum atomic E-state index is 12.8. The predicted octanol–water partition coefficient (Wildman–Crippen LogP) is 1.15. The second kappa shape index (κ2) is 6.82. The van der Waals surface area contributed by atoms with E-state index < -0.39 is 10.0 Å². The lowest BCUT2D eigenvalue weighted by atomic mass is 10.1. The summed E-state index contributed by atoms with van der Waals surface area (Å²) in [6, 6.07) is 7.85. The summed E-state index contributed by atoms with van der Waals surface area (Å²) in [5, 5.41) is 5.62. The molecule has 8 nitrogen and oxygen atoms in total. The van der Waals surface area contributed by atoms with E-state index in [1.54, 1.807) is 4.90 Å². The van der Waals surface area contributed by atoms with E-state index in [2.05, 4.69) is 5.10 Å². The van der Waals surface area contributed by atoms with Gasteiger partial charge < -0.3 is 4.90 Å². The van der Waals surface area contributed by atoms with Crippen LogP contribution in [0.1, 0.15) is 17.0 Å². The fraction of sp³-hybridized carbons (Fsp3) is 0.421. The largest absolute Gasteiger partial charge is 0.340 e. The number of benzene rings is 1. The Labute approximate surface area is 163 Å². The summed E-state index contributed by atoms with van der Waals surface area (Å²) < 4.78 is 26.5. The Kier molecular flexibility index (Phi) is 4.59. The predicted molar refractivity (Wildman–Crippen MR) is 107 cm³/mol. The van der Waals surface area contributed by atoms with E-state index in [1.165, 1.54) is 10.6 Å². The molecule has 1 aliphatic rings. The van der Waals surface area contributed by atoms with Crippen molar-refractivity contribution in [3.8, 4) is 0 Å². The molecule has 2 aromatic heterocycles. The minimum absolute atomic E-state index is 0.0165. The molecular formula is C19H23N5O3S. The molecule has 0 saturated carbocycles. The summed E-state index contributed by atoms with van der Waals surface area (Å²) in [6.07, 6.45) is 1.43. The molecule has 28 heavy (non-hydrogen) atoms. The Bertz CT molecular complexity index is 1180. The molecule has 0 atom stereocenters. The van der Waals surface area contributed by atoms with Crippen LogP contribution in [0.3, 0.4) is 0 Å². The molecule has 3 aromatic rings. The molecule has 0 unspecified atom stereocenters. The van der Waals surface area contributed by atoms with Gasteiger partial charge in [-0.3, -0.25) is 4.79 Å². The van der Waals surface area contributed by atoms with Crippen LogP contribution in [-0.4, -0.2) is 70.6 Å². The molecule has 0 N–H and O–H groups in total. The molecule has 9 heteroatoms. The van der Waals surface area contributed by atoms with Gasteiger partial charge in [0.1, 0.15) is 0 Å². The van der Waals surface area contributed by atoms with Crippen LogP contribution in [0.25, 0.3) is 16.6 Å². The summed E-state index contributed by atoms with van der Waals surface area (Å²) in [6.45, 7) is 5.36. The molecule has 3 heterocycles. The summed E-state index contributed by atoms with van der Waals surface area (Å²) in [5.74, 6) is -0.0165. The van der Waals surface area contributed by atoms with Gasteiger partial charge in [-0.2, -0.15) is 9.40 Å². The van der Waals surface area contributed by atoms with Crippen molar-refractivity contribution in [1.82, 2.24) is 23.8 Å². The van der Waals surface area contributed by atoms with Gasteiger partial charge >= 0.3 is 0 Å². The number of hydrogen-bond donors (Lipinski definition) is 0. The molecule has 1 aliphatic heterocycles. The highest BCUT2D eigenvalue weighted by Crippen LogP contribution is 2.23. The van der Waals surface area contributed by atoms with Gasteiger partial charge in [0.2, 0.25) is 15.9 Å². The summed E-state index contributed by atoms with van der Waals surface area (Å²) in [4.78, 5) is 19.3. The maximum absolute atomic E-state index is 12.8. The van der Waals surface area contributed by atoms with Gasteiger partial charge in [-0.15, -0.1) is 0 Å². The number of sulfonamides is 1. The van der Waals surface area contributed by atoms with Crippen molar-refractivity contribution < 1.29 is 13.2 Å². The zero-order valence-corrected chi connectivity index (χ0v) is 17.0. The number of amides is 1. The van der Waals surface area contributed by atoms with Crippen LogP contribution in [0.5, 0.6) is 0 Å². The van der Waals surface area contributed by atoms with Gasteiger partial charge in [-0.1, -0.05) is 12.1 Å². The normalized spacial score (nSPS) is 16.2. The van der Waals surface area contributed by atoms with Crippen LogP contribution in [0.15, 0.2) is 24.3 Å². The van der Waals surface area contributed by atoms with Crippen molar-refractivity contribution in [1.29, 1.82) is 0 Å². The van der Waals surface area contributed by atoms with Crippen molar-refractivity contribution >= 4 is 32.5 Å². The molecule has 1 fully saturated rings. The van der Waals surface area contributed by atoms with E-state index in [0.717, 1.165) is 33.5 Å².